The third-order valence-electron chi connectivity index (χ3n) is 3.63. The highest BCUT2D eigenvalue weighted by Gasteiger charge is 2.23. The lowest BCUT2D eigenvalue weighted by Crippen LogP contribution is -2.32. The van der Waals surface area contributed by atoms with E-state index in [1.54, 1.807) is 12.3 Å². The van der Waals surface area contributed by atoms with Crippen LogP contribution in [0.4, 0.5) is 5.82 Å². The molecule has 1 amide bonds. The molecule has 0 radical (unpaired) electrons. The second-order valence-electron chi connectivity index (χ2n) is 5.36. The first-order valence-electron chi connectivity index (χ1n) is 7.88. The molecule has 5 nitrogen and oxygen atoms in total. The zero-order valence-electron chi connectivity index (χ0n) is 13.2. The normalized spacial score (nSPS) is 14.5. The van der Waals surface area contributed by atoms with Gasteiger partial charge in [0.1, 0.15) is 5.75 Å². The fourth-order valence-electron chi connectivity index (χ4n) is 2.41. The average Bonchev–Trinajstić information content (AvgIpc) is 2.64. The SMILES string of the molecule is O=C1CCC(c2ccc(OCCCCl)cc2)=NN1c1ccccn1. The van der Waals surface area contributed by atoms with Crippen LogP contribution in [0.15, 0.2) is 53.8 Å². The number of benzene rings is 1. The number of amides is 1. The van der Waals surface area contributed by atoms with Gasteiger partial charge in [0.05, 0.1) is 12.3 Å². The van der Waals surface area contributed by atoms with Crippen LogP contribution in [0.5, 0.6) is 5.75 Å². The van der Waals surface area contributed by atoms with E-state index in [-0.39, 0.29) is 5.91 Å². The molecule has 0 N–H and O–H groups in total. The Hall–Kier alpha value is -2.40. The highest BCUT2D eigenvalue weighted by Crippen LogP contribution is 2.21. The van der Waals surface area contributed by atoms with Gasteiger partial charge in [-0.15, -0.1) is 11.6 Å². The van der Waals surface area contributed by atoms with Crippen molar-refractivity contribution in [3.63, 3.8) is 0 Å². The quantitative estimate of drug-likeness (QED) is 0.594. The molecular weight excluding hydrogens is 326 g/mol. The lowest BCUT2D eigenvalue weighted by molar-refractivity contribution is -0.118. The highest BCUT2D eigenvalue weighted by atomic mass is 35.5. The van der Waals surface area contributed by atoms with Crippen LogP contribution in [0.25, 0.3) is 0 Å². The summed E-state index contributed by atoms with van der Waals surface area (Å²) in [6, 6.07) is 13.2. The summed E-state index contributed by atoms with van der Waals surface area (Å²) >= 11 is 5.64. The van der Waals surface area contributed by atoms with Gasteiger partial charge < -0.3 is 4.74 Å². The second kappa shape index (κ2) is 7.93. The first kappa shape index (κ1) is 16.5. The van der Waals surface area contributed by atoms with Crippen LogP contribution in [-0.2, 0) is 4.79 Å². The van der Waals surface area contributed by atoms with Crippen LogP contribution in [0.3, 0.4) is 0 Å². The molecule has 6 heteroatoms. The van der Waals surface area contributed by atoms with Gasteiger partial charge >= 0.3 is 0 Å². The number of halogens is 1. The summed E-state index contributed by atoms with van der Waals surface area (Å²) in [7, 11) is 0. The van der Waals surface area contributed by atoms with E-state index in [0.29, 0.717) is 31.1 Å². The Morgan fingerprint density at radius 3 is 2.67 bits per heavy atom. The molecule has 2 aromatic rings. The minimum absolute atomic E-state index is 0.0431. The number of hydrogen-bond donors (Lipinski definition) is 0. The Morgan fingerprint density at radius 1 is 1.12 bits per heavy atom. The van der Waals surface area contributed by atoms with Gasteiger partial charge in [-0.3, -0.25) is 4.79 Å². The first-order chi connectivity index (χ1) is 11.8. The molecule has 0 saturated heterocycles. The fourth-order valence-corrected chi connectivity index (χ4v) is 2.52. The van der Waals surface area contributed by atoms with Gasteiger partial charge in [0.25, 0.3) is 0 Å². The minimum atomic E-state index is -0.0431. The van der Waals surface area contributed by atoms with Crippen molar-refractivity contribution in [2.45, 2.75) is 19.3 Å². The molecule has 2 heterocycles. The van der Waals surface area contributed by atoms with Crippen LogP contribution in [-0.4, -0.2) is 29.1 Å². The standard InChI is InChI=1S/C18H18ClN3O2/c19-11-3-13-24-15-7-5-14(6-8-15)16-9-10-18(23)22(21-16)17-4-1-2-12-20-17/h1-2,4-8,12H,3,9-11,13H2. The maximum absolute atomic E-state index is 12.1. The number of carbonyl (C=O) groups excluding carboxylic acids is 1. The summed E-state index contributed by atoms with van der Waals surface area (Å²) in [5, 5.41) is 5.87. The van der Waals surface area contributed by atoms with Gasteiger partial charge in [0, 0.05) is 24.9 Å². The van der Waals surface area contributed by atoms with Gasteiger partial charge in [-0.05, 0) is 48.4 Å². The number of nitrogens with zero attached hydrogens (tertiary/aromatic N) is 3. The third kappa shape index (κ3) is 3.92. The predicted octanol–water partition coefficient (Wildman–Crippen LogP) is 3.62. The van der Waals surface area contributed by atoms with Gasteiger partial charge in [-0.25, -0.2) is 4.98 Å². The fraction of sp³-hybridized carbons (Fsp3) is 0.278. The van der Waals surface area contributed by atoms with E-state index in [4.69, 9.17) is 16.3 Å². The van der Waals surface area contributed by atoms with Crippen LogP contribution >= 0.6 is 11.6 Å². The van der Waals surface area contributed by atoms with E-state index >= 15 is 0 Å². The zero-order chi connectivity index (χ0) is 16.8. The van der Waals surface area contributed by atoms with Crippen LogP contribution in [0.1, 0.15) is 24.8 Å². The molecular formula is C18H18ClN3O2. The smallest absolute Gasteiger partial charge is 0.249 e. The number of hydrazone groups is 1. The van der Waals surface area contributed by atoms with Gasteiger partial charge in [-0.2, -0.15) is 10.1 Å². The van der Waals surface area contributed by atoms with Crippen molar-refractivity contribution in [1.82, 2.24) is 4.98 Å². The first-order valence-corrected chi connectivity index (χ1v) is 8.42. The van der Waals surface area contributed by atoms with Crippen molar-refractivity contribution in [3.8, 4) is 5.75 Å². The van der Waals surface area contributed by atoms with E-state index in [1.807, 2.05) is 36.4 Å². The van der Waals surface area contributed by atoms with Crippen molar-refractivity contribution in [1.29, 1.82) is 0 Å². The molecule has 0 bridgehead atoms. The van der Waals surface area contributed by atoms with Crippen molar-refractivity contribution in [2.24, 2.45) is 5.10 Å². The molecule has 0 atom stereocenters. The van der Waals surface area contributed by atoms with Gasteiger partial charge in [-0.1, -0.05) is 6.07 Å². The van der Waals surface area contributed by atoms with Crippen LogP contribution in [0.2, 0.25) is 0 Å². The molecule has 0 fully saturated rings. The molecule has 0 unspecified atom stereocenters. The minimum Gasteiger partial charge on any atom is -0.494 e. The molecule has 3 rings (SSSR count). The molecule has 0 spiro atoms. The van der Waals surface area contributed by atoms with Crippen molar-refractivity contribution < 1.29 is 9.53 Å². The summed E-state index contributed by atoms with van der Waals surface area (Å²) in [6.45, 7) is 0.603. The maximum atomic E-state index is 12.1. The lowest BCUT2D eigenvalue weighted by Gasteiger charge is -2.22. The molecule has 24 heavy (non-hydrogen) atoms. The predicted molar refractivity (Wildman–Crippen MR) is 94.8 cm³/mol. The number of ether oxygens (including phenoxy) is 1. The van der Waals surface area contributed by atoms with Crippen molar-refractivity contribution in [3.05, 3.63) is 54.2 Å². The Kier molecular flexibility index (Phi) is 5.43. The Labute approximate surface area is 145 Å². The molecule has 1 aromatic carbocycles. The summed E-state index contributed by atoms with van der Waals surface area (Å²) in [6.07, 6.45) is 3.51. The van der Waals surface area contributed by atoms with E-state index in [2.05, 4.69) is 10.1 Å². The molecule has 1 aliphatic rings. The van der Waals surface area contributed by atoms with Crippen molar-refractivity contribution >= 4 is 29.0 Å². The van der Waals surface area contributed by atoms with Gasteiger partial charge in [0.2, 0.25) is 5.91 Å². The number of hydrogen-bond acceptors (Lipinski definition) is 4. The van der Waals surface area contributed by atoms with E-state index < -0.39 is 0 Å². The summed E-state index contributed by atoms with van der Waals surface area (Å²) in [4.78, 5) is 16.3. The third-order valence-corrected chi connectivity index (χ3v) is 3.90. The number of pyridine rings is 1. The van der Waals surface area contributed by atoms with Crippen molar-refractivity contribution in [2.75, 3.05) is 17.5 Å². The van der Waals surface area contributed by atoms with Gasteiger partial charge in [0.15, 0.2) is 5.82 Å². The summed E-state index contributed by atoms with van der Waals surface area (Å²) in [5.41, 5.74) is 1.85. The number of alkyl halides is 1. The summed E-state index contributed by atoms with van der Waals surface area (Å²) in [5.74, 6) is 1.89. The van der Waals surface area contributed by atoms with Crippen LogP contribution < -0.4 is 9.75 Å². The monoisotopic (exact) mass is 343 g/mol. The number of rotatable bonds is 6. The molecule has 1 aliphatic heterocycles. The molecule has 1 aromatic heterocycles. The lowest BCUT2D eigenvalue weighted by atomic mass is 10.0. The second-order valence-corrected chi connectivity index (χ2v) is 5.73. The van der Waals surface area contributed by atoms with E-state index in [0.717, 1.165) is 23.4 Å². The average molecular weight is 344 g/mol. The largest absolute Gasteiger partial charge is 0.494 e. The highest BCUT2D eigenvalue weighted by molar-refractivity contribution is 6.17. The number of carbonyl (C=O) groups is 1. The van der Waals surface area contributed by atoms with E-state index in [9.17, 15) is 4.79 Å². The Bertz CT molecular complexity index is 717. The Balaban J connectivity index is 1.77. The topological polar surface area (TPSA) is 54.8 Å². The maximum Gasteiger partial charge on any atom is 0.249 e. The number of anilines is 1. The molecule has 0 aliphatic carbocycles. The summed E-state index contributed by atoms with van der Waals surface area (Å²) < 4.78 is 5.60. The Morgan fingerprint density at radius 2 is 1.96 bits per heavy atom. The zero-order valence-corrected chi connectivity index (χ0v) is 13.9. The van der Waals surface area contributed by atoms with E-state index in [1.165, 1.54) is 5.01 Å². The molecule has 0 saturated carbocycles. The molecule has 124 valence electrons. The number of aromatic nitrogens is 1. The van der Waals surface area contributed by atoms with Crippen LogP contribution in [0, 0.1) is 0 Å².